The Balaban J connectivity index is 1.30. The van der Waals surface area contributed by atoms with Crippen molar-refractivity contribution in [3.8, 4) is 11.5 Å². The van der Waals surface area contributed by atoms with E-state index >= 15 is 0 Å². The topological polar surface area (TPSA) is 103 Å². The molecule has 8 nitrogen and oxygen atoms in total. The Morgan fingerprint density at radius 1 is 0.921 bits per heavy atom. The van der Waals surface area contributed by atoms with Crippen molar-refractivity contribution in [2.24, 2.45) is 5.10 Å². The molecule has 0 unspecified atom stereocenters. The fraction of sp³-hybridized carbons (Fsp3) is 0.0714. The van der Waals surface area contributed by atoms with E-state index in [1.807, 2.05) is 0 Å². The second-order valence-corrected chi connectivity index (χ2v) is 8.84. The van der Waals surface area contributed by atoms with E-state index in [0.717, 1.165) is 16.7 Å². The van der Waals surface area contributed by atoms with Gasteiger partial charge in [0, 0.05) is 27.7 Å². The monoisotopic (exact) mass is 549 g/mol. The molecule has 192 valence electrons. The lowest BCUT2D eigenvalue weighted by Crippen LogP contribution is -2.18. The van der Waals surface area contributed by atoms with Crippen LogP contribution in [-0.4, -0.2) is 17.0 Å². The maximum Gasteiger partial charge on any atom is 0.275 e. The number of carbonyl (C=O) groups excluding carboxylic acids is 1. The van der Waals surface area contributed by atoms with E-state index < -0.39 is 10.8 Å². The molecule has 4 aromatic rings. The first kappa shape index (κ1) is 26.7. The molecular formula is C28H21Cl2N3O5. The number of para-hydroxylation sites is 1. The third-order valence-electron chi connectivity index (χ3n) is 5.34. The first-order chi connectivity index (χ1) is 18.4. The normalized spacial score (nSPS) is 10.8. The largest absolute Gasteiger partial charge is 0.489 e. The number of nitro groups is 1. The number of hydrogen-bond donors (Lipinski definition) is 1. The maximum atomic E-state index is 12.7. The molecule has 0 aliphatic carbocycles. The molecule has 0 aromatic heterocycles. The van der Waals surface area contributed by atoms with Crippen molar-refractivity contribution in [2.45, 2.75) is 13.2 Å². The van der Waals surface area contributed by atoms with Crippen molar-refractivity contribution in [1.29, 1.82) is 0 Å². The van der Waals surface area contributed by atoms with Crippen LogP contribution >= 0.6 is 23.2 Å². The zero-order chi connectivity index (χ0) is 26.9. The number of nitrogens with one attached hydrogen (secondary N) is 1. The highest BCUT2D eigenvalue weighted by molar-refractivity contribution is 6.35. The molecule has 38 heavy (non-hydrogen) atoms. The fourth-order valence-corrected chi connectivity index (χ4v) is 3.79. The predicted octanol–water partition coefficient (Wildman–Crippen LogP) is 6.82. The molecule has 0 aliphatic rings. The molecule has 0 heterocycles. The highest BCUT2D eigenvalue weighted by atomic mass is 35.5. The molecule has 0 fully saturated rings. The molecule has 0 radical (unpaired) electrons. The number of hydrogen-bond acceptors (Lipinski definition) is 6. The zero-order valence-corrected chi connectivity index (χ0v) is 21.4. The number of hydrazone groups is 1. The van der Waals surface area contributed by atoms with Gasteiger partial charge in [0.1, 0.15) is 24.7 Å². The minimum Gasteiger partial charge on any atom is -0.489 e. The average Bonchev–Trinajstić information content (AvgIpc) is 2.92. The molecule has 1 N–H and O–H groups in total. The minimum atomic E-state index is -0.445. The van der Waals surface area contributed by atoms with Crippen LogP contribution < -0.4 is 14.9 Å². The van der Waals surface area contributed by atoms with Crippen LogP contribution in [0.2, 0.25) is 10.0 Å². The quantitative estimate of drug-likeness (QED) is 0.133. The molecule has 1 amide bonds. The molecule has 0 atom stereocenters. The average molecular weight is 550 g/mol. The summed E-state index contributed by atoms with van der Waals surface area (Å²) in [7, 11) is 0. The number of amides is 1. The van der Waals surface area contributed by atoms with Crippen molar-refractivity contribution in [2.75, 3.05) is 0 Å². The summed E-state index contributed by atoms with van der Waals surface area (Å²) >= 11 is 12.1. The van der Waals surface area contributed by atoms with Gasteiger partial charge in [-0.2, -0.15) is 5.10 Å². The lowest BCUT2D eigenvalue weighted by Gasteiger charge is -2.11. The van der Waals surface area contributed by atoms with Crippen molar-refractivity contribution < 1.29 is 19.2 Å². The van der Waals surface area contributed by atoms with Crippen molar-refractivity contribution in [3.63, 3.8) is 0 Å². The summed E-state index contributed by atoms with van der Waals surface area (Å²) in [5, 5.41) is 15.8. The molecule has 0 bridgehead atoms. The summed E-state index contributed by atoms with van der Waals surface area (Å²) in [5.41, 5.74) is 5.16. The summed E-state index contributed by atoms with van der Waals surface area (Å²) < 4.78 is 11.5. The van der Waals surface area contributed by atoms with Gasteiger partial charge in [-0.15, -0.1) is 0 Å². The van der Waals surface area contributed by atoms with Crippen LogP contribution in [0.15, 0.2) is 96.1 Å². The first-order valence-corrected chi connectivity index (χ1v) is 12.1. The number of halogens is 2. The van der Waals surface area contributed by atoms with Gasteiger partial charge in [-0.25, -0.2) is 5.43 Å². The van der Waals surface area contributed by atoms with Crippen LogP contribution in [-0.2, 0) is 13.2 Å². The summed E-state index contributed by atoms with van der Waals surface area (Å²) in [5.74, 6) is 0.583. The van der Waals surface area contributed by atoms with Crippen molar-refractivity contribution >= 4 is 41.0 Å². The van der Waals surface area contributed by atoms with Crippen molar-refractivity contribution in [1.82, 2.24) is 5.43 Å². The summed E-state index contributed by atoms with van der Waals surface area (Å²) in [6.07, 6.45) is 1.51. The minimum absolute atomic E-state index is 0.0309. The van der Waals surface area contributed by atoms with E-state index in [1.54, 1.807) is 78.9 Å². The number of ether oxygens (including phenoxy) is 2. The Morgan fingerprint density at radius 3 is 2.37 bits per heavy atom. The van der Waals surface area contributed by atoms with E-state index in [1.165, 1.54) is 18.3 Å². The number of benzene rings is 4. The summed E-state index contributed by atoms with van der Waals surface area (Å²) in [4.78, 5) is 23.0. The Bertz CT molecular complexity index is 1460. The van der Waals surface area contributed by atoms with E-state index in [-0.39, 0.29) is 18.9 Å². The second kappa shape index (κ2) is 12.7. The van der Waals surface area contributed by atoms with E-state index in [0.29, 0.717) is 27.1 Å². The van der Waals surface area contributed by atoms with Gasteiger partial charge in [0.15, 0.2) is 0 Å². The van der Waals surface area contributed by atoms with Gasteiger partial charge in [0.05, 0.1) is 16.7 Å². The first-order valence-electron chi connectivity index (χ1n) is 11.3. The highest BCUT2D eigenvalue weighted by Gasteiger charge is 2.12. The number of nitrogens with zero attached hydrogens (tertiary/aromatic N) is 2. The van der Waals surface area contributed by atoms with E-state index in [4.69, 9.17) is 32.7 Å². The van der Waals surface area contributed by atoms with Crippen LogP contribution in [0, 0.1) is 10.1 Å². The zero-order valence-electron chi connectivity index (χ0n) is 19.8. The van der Waals surface area contributed by atoms with Gasteiger partial charge in [0.2, 0.25) is 0 Å². The van der Waals surface area contributed by atoms with E-state index in [9.17, 15) is 14.9 Å². The van der Waals surface area contributed by atoms with Crippen LogP contribution in [0.25, 0.3) is 0 Å². The third-order valence-corrected chi connectivity index (χ3v) is 5.93. The SMILES string of the molecule is O=C(N/N=C/c1ccc(OCc2ccc([N+](=O)[O-])cc2)cc1)c1ccccc1OCc1ccc(Cl)cc1Cl. The molecular weight excluding hydrogens is 529 g/mol. The Hall–Kier alpha value is -4.40. The Labute approximate surface area is 228 Å². The summed E-state index contributed by atoms with van der Waals surface area (Å²) in [6, 6.07) is 25.2. The molecule has 0 saturated carbocycles. The van der Waals surface area contributed by atoms with Gasteiger partial charge in [-0.3, -0.25) is 14.9 Å². The summed E-state index contributed by atoms with van der Waals surface area (Å²) in [6.45, 7) is 0.440. The van der Waals surface area contributed by atoms with Gasteiger partial charge in [-0.05, 0) is 71.8 Å². The van der Waals surface area contributed by atoms with Gasteiger partial charge in [-0.1, -0.05) is 41.4 Å². The molecule has 4 rings (SSSR count). The molecule has 0 aliphatic heterocycles. The van der Waals surface area contributed by atoms with E-state index in [2.05, 4.69) is 10.5 Å². The van der Waals surface area contributed by atoms with Crippen LogP contribution in [0.4, 0.5) is 5.69 Å². The Kier molecular flexibility index (Phi) is 8.92. The third kappa shape index (κ3) is 7.32. The van der Waals surface area contributed by atoms with Crippen LogP contribution in [0.3, 0.4) is 0 Å². The highest BCUT2D eigenvalue weighted by Crippen LogP contribution is 2.24. The van der Waals surface area contributed by atoms with Gasteiger partial charge >= 0.3 is 0 Å². The fourth-order valence-electron chi connectivity index (χ4n) is 3.33. The smallest absolute Gasteiger partial charge is 0.275 e. The lowest BCUT2D eigenvalue weighted by molar-refractivity contribution is -0.384. The Morgan fingerprint density at radius 2 is 1.66 bits per heavy atom. The van der Waals surface area contributed by atoms with Gasteiger partial charge < -0.3 is 9.47 Å². The molecule has 4 aromatic carbocycles. The lowest BCUT2D eigenvalue weighted by atomic mass is 10.2. The molecule has 10 heteroatoms. The molecule has 0 spiro atoms. The maximum absolute atomic E-state index is 12.7. The van der Waals surface area contributed by atoms with Crippen LogP contribution in [0.5, 0.6) is 11.5 Å². The second-order valence-electron chi connectivity index (χ2n) is 8.00. The number of nitro benzene ring substituents is 1. The molecule has 0 saturated heterocycles. The van der Waals surface area contributed by atoms with Gasteiger partial charge in [0.25, 0.3) is 11.6 Å². The number of carbonyl (C=O) groups is 1. The number of non-ortho nitro benzene ring substituents is 1. The van der Waals surface area contributed by atoms with Crippen LogP contribution in [0.1, 0.15) is 27.0 Å². The predicted molar refractivity (Wildman–Crippen MR) is 146 cm³/mol. The standard InChI is InChI=1S/C28H21Cl2N3O5/c29-22-10-9-21(26(30)15-22)18-38-27-4-2-1-3-25(27)28(34)32-31-16-19-7-13-24(14-8-19)37-17-20-5-11-23(12-6-20)33(35)36/h1-16H,17-18H2,(H,32,34)/b31-16+. The number of rotatable bonds is 10. The van der Waals surface area contributed by atoms with Crippen molar-refractivity contribution in [3.05, 3.63) is 133 Å².